The molecule has 0 fully saturated rings. The zero-order chi connectivity index (χ0) is 16.1. The Morgan fingerprint density at radius 1 is 0.952 bits per heavy atom. The number of aliphatic hydroxyl groups is 1. The normalized spacial score (nSPS) is 15.0. The molecule has 0 saturated carbocycles. The summed E-state index contributed by atoms with van der Waals surface area (Å²) in [5.74, 6) is -0.442. The Labute approximate surface area is 130 Å². The van der Waals surface area contributed by atoms with Crippen molar-refractivity contribution in [1.29, 1.82) is 0 Å². The molecule has 6 heteroatoms. The minimum Gasteiger partial charge on any atom is -0.391 e. The predicted octanol–water partition coefficient (Wildman–Crippen LogP) is 2.74. The number of unbranched alkanes of at least 4 members (excludes halogenated alkanes) is 8. The second-order valence-electron chi connectivity index (χ2n) is 5.83. The van der Waals surface area contributed by atoms with Crippen LogP contribution in [0.5, 0.6) is 0 Å². The monoisotopic (exact) mass is 323 g/mol. The van der Waals surface area contributed by atoms with E-state index in [4.69, 9.17) is 4.55 Å². The number of hydrogen-bond donors (Lipinski definition) is 3. The fraction of sp³-hybridized carbons (Fsp3) is 1.00. The van der Waals surface area contributed by atoms with Gasteiger partial charge >= 0.3 is 0 Å². The molecule has 0 saturated heterocycles. The zero-order valence-corrected chi connectivity index (χ0v) is 14.4. The second-order valence-corrected chi connectivity index (χ2v) is 7.33. The molecule has 0 rings (SSSR count). The summed E-state index contributed by atoms with van der Waals surface area (Å²) >= 11 is 0. The van der Waals surface area contributed by atoms with Gasteiger partial charge in [0, 0.05) is 6.04 Å². The summed E-state index contributed by atoms with van der Waals surface area (Å²) in [4.78, 5) is 0. The number of likely N-dealkylation sites (N-methyl/N-ethyl adjacent to an activating group) is 1. The van der Waals surface area contributed by atoms with E-state index in [0.717, 1.165) is 12.8 Å². The molecular weight excluding hydrogens is 290 g/mol. The maximum Gasteiger partial charge on any atom is 0.266 e. The van der Waals surface area contributed by atoms with E-state index < -0.39 is 28.0 Å². The molecule has 0 heterocycles. The van der Waals surface area contributed by atoms with E-state index >= 15 is 0 Å². The molecule has 0 amide bonds. The van der Waals surface area contributed by atoms with Crippen molar-refractivity contribution in [2.75, 3.05) is 12.8 Å². The minimum absolute atomic E-state index is 0.442. The molecule has 0 bridgehead atoms. The number of aliphatic hydroxyl groups excluding tert-OH is 1. The van der Waals surface area contributed by atoms with Crippen LogP contribution in [0.2, 0.25) is 0 Å². The third kappa shape index (κ3) is 13.2. The van der Waals surface area contributed by atoms with E-state index in [1.165, 1.54) is 44.9 Å². The number of nitrogens with one attached hydrogen (secondary N) is 1. The van der Waals surface area contributed by atoms with Gasteiger partial charge in [-0.25, -0.2) is 0 Å². The molecular formula is C15H33NO4S. The van der Waals surface area contributed by atoms with Crippen LogP contribution in [-0.2, 0) is 10.1 Å². The van der Waals surface area contributed by atoms with Gasteiger partial charge in [0.1, 0.15) is 0 Å². The van der Waals surface area contributed by atoms with Crippen LogP contribution in [0, 0.1) is 0 Å². The van der Waals surface area contributed by atoms with Crippen molar-refractivity contribution in [3.8, 4) is 0 Å². The smallest absolute Gasteiger partial charge is 0.266 e. The van der Waals surface area contributed by atoms with Gasteiger partial charge in [-0.1, -0.05) is 64.7 Å². The summed E-state index contributed by atoms with van der Waals surface area (Å²) in [7, 11) is -2.46. The van der Waals surface area contributed by atoms with Gasteiger partial charge in [0.2, 0.25) is 0 Å². The van der Waals surface area contributed by atoms with Crippen molar-refractivity contribution >= 4 is 10.1 Å². The molecule has 0 aromatic heterocycles. The Bertz CT molecular complexity index is 333. The lowest BCUT2D eigenvalue weighted by atomic mass is 10.0. The first kappa shape index (κ1) is 20.8. The first-order chi connectivity index (χ1) is 9.90. The topological polar surface area (TPSA) is 86.6 Å². The van der Waals surface area contributed by atoms with Crippen LogP contribution in [-0.4, -0.2) is 43.0 Å². The summed E-state index contributed by atoms with van der Waals surface area (Å²) < 4.78 is 30.5. The molecule has 0 aliphatic rings. The van der Waals surface area contributed by atoms with Gasteiger partial charge in [0.25, 0.3) is 10.1 Å². The molecule has 0 spiro atoms. The van der Waals surface area contributed by atoms with Gasteiger partial charge in [-0.05, 0) is 13.5 Å². The fourth-order valence-electron chi connectivity index (χ4n) is 2.48. The molecule has 0 radical (unpaired) electrons. The highest BCUT2D eigenvalue weighted by molar-refractivity contribution is 7.85. The Hall–Kier alpha value is -0.170. The van der Waals surface area contributed by atoms with E-state index in [-0.39, 0.29) is 0 Å². The third-order valence-corrected chi connectivity index (χ3v) is 4.61. The summed E-state index contributed by atoms with van der Waals surface area (Å²) in [6, 6.07) is -0.603. The van der Waals surface area contributed by atoms with E-state index in [1.807, 2.05) is 0 Å². The van der Waals surface area contributed by atoms with E-state index in [2.05, 4.69) is 12.2 Å². The van der Waals surface area contributed by atoms with Gasteiger partial charge in [0.15, 0.2) is 0 Å². The lowest BCUT2D eigenvalue weighted by Crippen LogP contribution is -2.42. The maximum atomic E-state index is 10.8. The molecule has 128 valence electrons. The fourth-order valence-corrected chi connectivity index (χ4v) is 3.32. The first-order valence-corrected chi connectivity index (χ1v) is 9.82. The molecule has 5 nitrogen and oxygen atoms in total. The molecule has 0 aliphatic heterocycles. The highest BCUT2D eigenvalue weighted by atomic mass is 32.2. The summed E-state index contributed by atoms with van der Waals surface area (Å²) in [5, 5.41) is 12.7. The number of hydrogen-bond acceptors (Lipinski definition) is 4. The SMILES string of the molecule is CCCCCCCCCCCC(O)C(CS(=O)(=O)O)NC. The van der Waals surface area contributed by atoms with Crippen LogP contribution in [0.1, 0.15) is 71.1 Å². The van der Waals surface area contributed by atoms with Crippen molar-refractivity contribution in [3.63, 3.8) is 0 Å². The lowest BCUT2D eigenvalue weighted by Gasteiger charge is -2.21. The average Bonchev–Trinajstić information content (AvgIpc) is 2.41. The zero-order valence-electron chi connectivity index (χ0n) is 13.6. The minimum atomic E-state index is -4.05. The molecule has 0 aromatic carbocycles. The summed E-state index contributed by atoms with van der Waals surface area (Å²) in [5.41, 5.74) is 0. The van der Waals surface area contributed by atoms with Gasteiger partial charge in [-0.2, -0.15) is 8.42 Å². The van der Waals surface area contributed by atoms with Crippen molar-refractivity contribution in [1.82, 2.24) is 5.32 Å². The first-order valence-electron chi connectivity index (χ1n) is 8.21. The predicted molar refractivity (Wildman–Crippen MR) is 87.1 cm³/mol. The largest absolute Gasteiger partial charge is 0.391 e. The van der Waals surface area contributed by atoms with E-state index in [1.54, 1.807) is 7.05 Å². The highest BCUT2D eigenvalue weighted by Gasteiger charge is 2.22. The molecule has 3 N–H and O–H groups in total. The van der Waals surface area contributed by atoms with Crippen LogP contribution < -0.4 is 5.32 Å². The number of rotatable bonds is 14. The van der Waals surface area contributed by atoms with Gasteiger partial charge in [0.05, 0.1) is 11.9 Å². The molecule has 2 atom stereocenters. The quantitative estimate of drug-likeness (QED) is 0.338. The van der Waals surface area contributed by atoms with Gasteiger partial charge < -0.3 is 10.4 Å². The Kier molecular flexibility index (Phi) is 12.3. The van der Waals surface area contributed by atoms with E-state index in [9.17, 15) is 13.5 Å². The highest BCUT2D eigenvalue weighted by Crippen LogP contribution is 2.12. The van der Waals surface area contributed by atoms with Crippen molar-refractivity contribution in [3.05, 3.63) is 0 Å². The maximum absolute atomic E-state index is 10.8. The van der Waals surface area contributed by atoms with Crippen LogP contribution in [0.25, 0.3) is 0 Å². The molecule has 2 unspecified atom stereocenters. The Morgan fingerprint density at radius 2 is 1.43 bits per heavy atom. The third-order valence-electron chi connectivity index (χ3n) is 3.83. The Balaban J connectivity index is 3.62. The second kappa shape index (κ2) is 12.4. The van der Waals surface area contributed by atoms with Crippen LogP contribution in [0.3, 0.4) is 0 Å². The van der Waals surface area contributed by atoms with E-state index in [0.29, 0.717) is 6.42 Å². The Morgan fingerprint density at radius 3 is 1.86 bits per heavy atom. The van der Waals surface area contributed by atoms with Crippen LogP contribution >= 0.6 is 0 Å². The standard InChI is InChI=1S/C15H33NO4S/c1-3-4-5-6-7-8-9-10-11-12-15(17)14(16-2)13-21(18,19)20/h14-17H,3-13H2,1-2H3,(H,18,19,20). The van der Waals surface area contributed by atoms with Crippen molar-refractivity contribution in [2.24, 2.45) is 0 Å². The van der Waals surface area contributed by atoms with Crippen LogP contribution in [0.4, 0.5) is 0 Å². The summed E-state index contributed by atoms with van der Waals surface area (Å²) in [6.45, 7) is 2.21. The van der Waals surface area contributed by atoms with Crippen molar-refractivity contribution < 1.29 is 18.1 Å². The molecule has 0 aliphatic carbocycles. The lowest BCUT2D eigenvalue weighted by molar-refractivity contribution is 0.126. The molecule has 21 heavy (non-hydrogen) atoms. The summed E-state index contributed by atoms with van der Waals surface area (Å²) in [6.07, 6.45) is 10.7. The van der Waals surface area contributed by atoms with Gasteiger partial charge in [-0.15, -0.1) is 0 Å². The van der Waals surface area contributed by atoms with Crippen LogP contribution in [0.15, 0.2) is 0 Å². The van der Waals surface area contributed by atoms with Crippen molar-refractivity contribution in [2.45, 2.75) is 83.3 Å². The van der Waals surface area contributed by atoms with Gasteiger partial charge in [-0.3, -0.25) is 4.55 Å². The average molecular weight is 323 g/mol. The molecule has 0 aromatic rings.